The van der Waals surface area contributed by atoms with Crippen LogP contribution in [0.5, 0.6) is 0 Å². The van der Waals surface area contributed by atoms with Gasteiger partial charge in [0.15, 0.2) is 5.13 Å². The molecule has 0 bridgehead atoms. The highest BCUT2D eigenvalue weighted by Gasteiger charge is 2.07. The zero-order valence-corrected chi connectivity index (χ0v) is 11.8. The molecule has 0 aliphatic rings. The molecule has 3 nitrogen and oxygen atoms in total. The predicted octanol–water partition coefficient (Wildman–Crippen LogP) is 3.49. The van der Waals surface area contributed by atoms with E-state index in [1.165, 1.54) is 21.6 Å². The van der Waals surface area contributed by atoms with Crippen LogP contribution < -0.4 is 5.32 Å². The summed E-state index contributed by atoms with van der Waals surface area (Å²) in [7, 11) is 1.70. The van der Waals surface area contributed by atoms with Crippen molar-refractivity contribution in [2.75, 3.05) is 25.6 Å². The number of aryl methyl sites for hydroxylation is 2. The molecule has 18 heavy (non-hydrogen) atoms. The Labute approximate surface area is 112 Å². The van der Waals surface area contributed by atoms with Gasteiger partial charge >= 0.3 is 0 Å². The normalized spacial score (nSPS) is 10.6. The zero-order chi connectivity index (χ0) is 13.0. The number of benzene rings is 1. The second-order valence-corrected chi connectivity index (χ2v) is 5.30. The van der Waals surface area contributed by atoms with Gasteiger partial charge in [0, 0.05) is 19.9 Å². The van der Waals surface area contributed by atoms with Gasteiger partial charge in [-0.2, -0.15) is 0 Å². The van der Waals surface area contributed by atoms with Gasteiger partial charge in [0.1, 0.15) is 0 Å². The van der Waals surface area contributed by atoms with Gasteiger partial charge < -0.3 is 10.1 Å². The second-order valence-electron chi connectivity index (χ2n) is 4.27. The summed E-state index contributed by atoms with van der Waals surface area (Å²) >= 11 is 1.68. The number of methoxy groups -OCH3 is 1. The predicted molar refractivity (Wildman–Crippen MR) is 77.4 cm³/mol. The highest BCUT2D eigenvalue weighted by Crippen LogP contribution is 2.31. The number of nitrogens with zero attached hydrogens (tertiary/aromatic N) is 1. The fourth-order valence-corrected chi connectivity index (χ4v) is 2.66. The van der Waals surface area contributed by atoms with E-state index in [2.05, 4.69) is 42.3 Å². The molecular formula is C14H18N2OS. The molecule has 96 valence electrons. The summed E-state index contributed by atoms with van der Waals surface area (Å²) in [5.41, 5.74) is 3.83. The SMILES string of the molecule is COCCNc1ncc(-c2cc(C)ccc2C)s1. The number of thiazole rings is 1. The summed E-state index contributed by atoms with van der Waals surface area (Å²) in [4.78, 5) is 5.59. The van der Waals surface area contributed by atoms with E-state index >= 15 is 0 Å². The van der Waals surface area contributed by atoms with Gasteiger partial charge in [-0.05, 0) is 25.0 Å². The lowest BCUT2D eigenvalue weighted by molar-refractivity contribution is 0.211. The maximum Gasteiger partial charge on any atom is 0.183 e. The first-order valence-electron chi connectivity index (χ1n) is 5.97. The number of nitrogens with one attached hydrogen (secondary N) is 1. The average Bonchev–Trinajstić information content (AvgIpc) is 2.81. The molecular weight excluding hydrogens is 244 g/mol. The van der Waals surface area contributed by atoms with Gasteiger partial charge in [-0.1, -0.05) is 35.1 Å². The van der Waals surface area contributed by atoms with E-state index < -0.39 is 0 Å². The zero-order valence-electron chi connectivity index (χ0n) is 11.0. The third-order valence-corrected chi connectivity index (χ3v) is 3.73. The van der Waals surface area contributed by atoms with Gasteiger partial charge in [0.25, 0.3) is 0 Å². The van der Waals surface area contributed by atoms with E-state index in [4.69, 9.17) is 4.74 Å². The summed E-state index contributed by atoms with van der Waals surface area (Å²) in [5.74, 6) is 0. The van der Waals surface area contributed by atoms with Gasteiger partial charge in [-0.15, -0.1) is 0 Å². The fourth-order valence-electron chi connectivity index (χ4n) is 1.74. The van der Waals surface area contributed by atoms with Gasteiger partial charge in [-0.25, -0.2) is 4.98 Å². The van der Waals surface area contributed by atoms with Gasteiger partial charge in [0.05, 0.1) is 11.5 Å². The lowest BCUT2D eigenvalue weighted by Crippen LogP contribution is -2.06. The van der Waals surface area contributed by atoms with Gasteiger partial charge in [-0.3, -0.25) is 0 Å². The Kier molecular flexibility index (Phi) is 4.33. The summed E-state index contributed by atoms with van der Waals surface area (Å²) in [6, 6.07) is 6.50. The molecule has 4 heteroatoms. The topological polar surface area (TPSA) is 34.1 Å². The Balaban J connectivity index is 2.16. The third-order valence-electron chi connectivity index (χ3n) is 2.75. The van der Waals surface area contributed by atoms with E-state index in [0.717, 1.165) is 11.7 Å². The first kappa shape index (κ1) is 13.1. The summed E-state index contributed by atoms with van der Waals surface area (Å²) < 4.78 is 5.00. The monoisotopic (exact) mass is 262 g/mol. The molecule has 0 aliphatic heterocycles. The summed E-state index contributed by atoms with van der Waals surface area (Å²) in [6.07, 6.45) is 1.93. The largest absolute Gasteiger partial charge is 0.383 e. The lowest BCUT2D eigenvalue weighted by Gasteiger charge is -2.04. The molecule has 0 radical (unpaired) electrons. The molecule has 2 rings (SSSR count). The van der Waals surface area contributed by atoms with Gasteiger partial charge in [0.2, 0.25) is 0 Å². The molecule has 2 aromatic rings. The molecule has 1 heterocycles. The van der Waals surface area contributed by atoms with Crippen molar-refractivity contribution in [3.05, 3.63) is 35.5 Å². The molecule has 0 spiro atoms. The number of hydrogen-bond donors (Lipinski definition) is 1. The van der Waals surface area contributed by atoms with Crippen LogP contribution in [0.3, 0.4) is 0 Å². The van der Waals surface area contributed by atoms with Crippen LogP contribution in [-0.4, -0.2) is 25.2 Å². The lowest BCUT2D eigenvalue weighted by atomic mass is 10.1. The van der Waals surface area contributed by atoms with E-state index in [0.29, 0.717) is 6.61 Å². The molecule has 0 saturated carbocycles. The molecule has 0 atom stereocenters. The average molecular weight is 262 g/mol. The van der Waals surface area contributed by atoms with E-state index in [1.807, 2.05) is 6.20 Å². The van der Waals surface area contributed by atoms with Crippen LogP contribution in [-0.2, 0) is 4.74 Å². The van der Waals surface area contributed by atoms with Crippen molar-refractivity contribution < 1.29 is 4.74 Å². The van der Waals surface area contributed by atoms with Crippen molar-refractivity contribution in [3.8, 4) is 10.4 Å². The molecule has 0 fully saturated rings. The Hall–Kier alpha value is -1.39. The Morgan fingerprint density at radius 3 is 2.94 bits per heavy atom. The van der Waals surface area contributed by atoms with Crippen LogP contribution in [0.1, 0.15) is 11.1 Å². The van der Waals surface area contributed by atoms with E-state index in [1.54, 1.807) is 18.4 Å². The van der Waals surface area contributed by atoms with Crippen molar-refractivity contribution in [3.63, 3.8) is 0 Å². The Morgan fingerprint density at radius 1 is 1.33 bits per heavy atom. The first-order chi connectivity index (χ1) is 8.70. The second kappa shape index (κ2) is 5.98. The molecule has 0 amide bonds. The highest BCUT2D eigenvalue weighted by molar-refractivity contribution is 7.18. The Morgan fingerprint density at radius 2 is 2.17 bits per heavy atom. The quantitative estimate of drug-likeness (QED) is 0.838. The minimum atomic E-state index is 0.693. The fraction of sp³-hybridized carbons (Fsp3) is 0.357. The number of rotatable bonds is 5. The van der Waals surface area contributed by atoms with Crippen molar-refractivity contribution in [2.45, 2.75) is 13.8 Å². The number of anilines is 1. The van der Waals surface area contributed by atoms with Crippen LogP contribution in [0.25, 0.3) is 10.4 Å². The minimum absolute atomic E-state index is 0.693. The summed E-state index contributed by atoms with van der Waals surface area (Å²) in [5, 5.41) is 4.20. The maximum absolute atomic E-state index is 5.00. The first-order valence-corrected chi connectivity index (χ1v) is 6.78. The van der Waals surface area contributed by atoms with E-state index in [9.17, 15) is 0 Å². The highest BCUT2D eigenvalue weighted by atomic mass is 32.1. The molecule has 0 saturated heterocycles. The van der Waals surface area contributed by atoms with Crippen LogP contribution in [0.15, 0.2) is 24.4 Å². The number of aromatic nitrogens is 1. The molecule has 1 N–H and O–H groups in total. The number of hydrogen-bond acceptors (Lipinski definition) is 4. The smallest absolute Gasteiger partial charge is 0.183 e. The van der Waals surface area contributed by atoms with Crippen LogP contribution >= 0.6 is 11.3 Å². The number of ether oxygens (including phenoxy) is 1. The van der Waals surface area contributed by atoms with Crippen molar-refractivity contribution in [2.24, 2.45) is 0 Å². The van der Waals surface area contributed by atoms with Crippen LogP contribution in [0, 0.1) is 13.8 Å². The molecule has 0 unspecified atom stereocenters. The molecule has 1 aromatic carbocycles. The molecule has 0 aliphatic carbocycles. The van der Waals surface area contributed by atoms with Crippen molar-refractivity contribution in [1.29, 1.82) is 0 Å². The van der Waals surface area contributed by atoms with Crippen LogP contribution in [0.2, 0.25) is 0 Å². The standard InChI is InChI=1S/C14H18N2OS/c1-10-4-5-11(2)12(8-10)13-9-16-14(18-13)15-6-7-17-3/h4-5,8-9H,6-7H2,1-3H3,(H,15,16). The summed E-state index contributed by atoms with van der Waals surface area (Å²) in [6.45, 7) is 5.73. The minimum Gasteiger partial charge on any atom is -0.383 e. The third kappa shape index (κ3) is 3.09. The molecule has 1 aromatic heterocycles. The van der Waals surface area contributed by atoms with E-state index in [-0.39, 0.29) is 0 Å². The maximum atomic E-state index is 5.00. The van der Waals surface area contributed by atoms with Crippen molar-refractivity contribution in [1.82, 2.24) is 4.98 Å². The van der Waals surface area contributed by atoms with Crippen molar-refractivity contribution >= 4 is 16.5 Å². The van der Waals surface area contributed by atoms with Crippen LogP contribution in [0.4, 0.5) is 5.13 Å². The Bertz CT molecular complexity index is 522.